The molecule has 0 aliphatic carbocycles. The molecule has 0 saturated carbocycles. The zero-order chi connectivity index (χ0) is 18.5. The fourth-order valence-corrected chi connectivity index (χ4v) is 3.31. The molecule has 1 unspecified atom stereocenters. The van der Waals surface area contributed by atoms with E-state index in [1.807, 2.05) is 6.92 Å². The number of carbonyl (C=O) groups is 3. The van der Waals surface area contributed by atoms with Crippen LogP contribution in [0.1, 0.15) is 46.9 Å². The molecular formula is C19H25N3O4. The number of hydrogen-bond acceptors (Lipinski definition) is 5. The second-order valence-corrected chi connectivity index (χ2v) is 6.73. The molecule has 0 aromatic heterocycles. The van der Waals surface area contributed by atoms with Crippen LogP contribution < -0.4 is 15.4 Å². The molecule has 1 fully saturated rings. The minimum absolute atomic E-state index is 0.0365. The van der Waals surface area contributed by atoms with Gasteiger partial charge in [0, 0.05) is 19.5 Å². The van der Waals surface area contributed by atoms with E-state index in [0.29, 0.717) is 35.8 Å². The quantitative estimate of drug-likeness (QED) is 0.681. The smallest absolute Gasteiger partial charge is 0.261 e. The maximum atomic E-state index is 12.5. The van der Waals surface area contributed by atoms with E-state index < -0.39 is 0 Å². The number of rotatable bonds is 8. The highest BCUT2D eigenvalue weighted by atomic mass is 16.5. The van der Waals surface area contributed by atoms with Crippen LogP contribution in [-0.2, 0) is 4.79 Å². The fourth-order valence-electron chi connectivity index (χ4n) is 3.31. The summed E-state index contributed by atoms with van der Waals surface area (Å²) in [5.74, 6) is 0.274. The van der Waals surface area contributed by atoms with Gasteiger partial charge < -0.3 is 15.4 Å². The summed E-state index contributed by atoms with van der Waals surface area (Å²) in [4.78, 5) is 38.1. The molecule has 0 spiro atoms. The summed E-state index contributed by atoms with van der Waals surface area (Å²) in [6.07, 6.45) is 2.36. The molecule has 0 bridgehead atoms. The first-order valence-corrected chi connectivity index (χ1v) is 9.20. The van der Waals surface area contributed by atoms with Gasteiger partial charge in [-0.25, -0.2) is 0 Å². The van der Waals surface area contributed by atoms with Crippen molar-refractivity contribution in [3.05, 3.63) is 29.3 Å². The minimum atomic E-state index is -0.332. The van der Waals surface area contributed by atoms with E-state index in [0.717, 1.165) is 25.9 Å². The van der Waals surface area contributed by atoms with Crippen molar-refractivity contribution < 1.29 is 19.1 Å². The van der Waals surface area contributed by atoms with Crippen molar-refractivity contribution in [3.63, 3.8) is 0 Å². The first kappa shape index (κ1) is 18.4. The molecule has 7 heteroatoms. The predicted molar refractivity (Wildman–Crippen MR) is 96.2 cm³/mol. The van der Waals surface area contributed by atoms with Gasteiger partial charge in [-0.1, -0.05) is 6.92 Å². The van der Waals surface area contributed by atoms with Crippen LogP contribution in [-0.4, -0.2) is 55.4 Å². The molecule has 0 radical (unpaired) electrons. The first-order valence-electron chi connectivity index (χ1n) is 9.20. The lowest BCUT2D eigenvalue weighted by Crippen LogP contribution is -2.38. The van der Waals surface area contributed by atoms with E-state index in [1.165, 1.54) is 4.90 Å². The van der Waals surface area contributed by atoms with Gasteiger partial charge in [0.05, 0.1) is 17.7 Å². The van der Waals surface area contributed by atoms with E-state index in [2.05, 4.69) is 10.6 Å². The number of nitrogens with zero attached hydrogens (tertiary/aromatic N) is 1. The first-order chi connectivity index (χ1) is 12.6. The third-order valence-corrected chi connectivity index (χ3v) is 4.71. The number of benzene rings is 1. The Hall–Kier alpha value is -2.41. The van der Waals surface area contributed by atoms with E-state index in [-0.39, 0.29) is 30.8 Å². The summed E-state index contributed by atoms with van der Waals surface area (Å²) in [5.41, 5.74) is 0.758. The second-order valence-electron chi connectivity index (χ2n) is 6.73. The molecule has 26 heavy (non-hydrogen) atoms. The second kappa shape index (κ2) is 8.31. The Kier molecular flexibility index (Phi) is 5.88. The van der Waals surface area contributed by atoms with Gasteiger partial charge in [0.2, 0.25) is 5.91 Å². The van der Waals surface area contributed by atoms with Crippen LogP contribution in [0.3, 0.4) is 0 Å². The molecule has 2 aliphatic rings. The van der Waals surface area contributed by atoms with Gasteiger partial charge in [0.15, 0.2) is 0 Å². The Labute approximate surface area is 153 Å². The molecule has 2 aliphatic heterocycles. The molecule has 2 N–H and O–H groups in total. The van der Waals surface area contributed by atoms with Gasteiger partial charge in [-0.2, -0.15) is 0 Å². The maximum Gasteiger partial charge on any atom is 0.261 e. The van der Waals surface area contributed by atoms with E-state index in [1.54, 1.807) is 18.2 Å². The number of nitrogens with one attached hydrogen (secondary N) is 2. The Morgan fingerprint density at radius 1 is 1.31 bits per heavy atom. The lowest BCUT2D eigenvalue weighted by Gasteiger charge is -2.15. The average molecular weight is 359 g/mol. The van der Waals surface area contributed by atoms with Gasteiger partial charge in [0.25, 0.3) is 11.8 Å². The molecule has 7 nitrogen and oxygen atoms in total. The highest BCUT2D eigenvalue weighted by Gasteiger charge is 2.35. The maximum absolute atomic E-state index is 12.5. The monoisotopic (exact) mass is 359 g/mol. The van der Waals surface area contributed by atoms with Crippen molar-refractivity contribution in [1.82, 2.24) is 15.5 Å². The number of carbonyl (C=O) groups excluding carboxylic acids is 3. The Morgan fingerprint density at radius 3 is 2.85 bits per heavy atom. The van der Waals surface area contributed by atoms with E-state index in [9.17, 15) is 14.4 Å². The molecule has 1 aromatic rings. The van der Waals surface area contributed by atoms with Gasteiger partial charge in [-0.15, -0.1) is 0 Å². The summed E-state index contributed by atoms with van der Waals surface area (Å²) < 4.78 is 5.53. The van der Waals surface area contributed by atoms with Crippen molar-refractivity contribution >= 4 is 17.7 Å². The van der Waals surface area contributed by atoms with Crippen LogP contribution in [0.15, 0.2) is 18.2 Å². The minimum Gasteiger partial charge on any atom is -0.494 e. The van der Waals surface area contributed by atoms with Crippen LogP contribution in [0.25, 0.3) is 0 Å². The number of imide groups is 1. The average Bonchev–Trinajstić information content (AvgIpc) is 3.22. The normalized spacial score (nSPS) is 19.0. The SMILES string of the molecule is CCCOc1ccc2c(c1)C(=O)N(CCNC(=O)CC1CCNC1)C2=O. The Bertz CT molecular complexity index is 698. The van der Waals surface area contributed by atoms with E-state index >= 15 is 0 Å². The van der Waals surface area contributed by atoms with Crippen LogP contribution in [0, 0.1) is 5.92 Å². The third kappa shape index (κ3) is 4.04. The van der Waals surface area contributed by atoms with Gasteiger partial charge >= 0.3 is 0 Å². The van der Waals surface area contributed by atoms with Crippen molar-refractivity contribution in [1.29, 1.82) is 0 Å². The van der Waals surface area contributed by atoms with Crippen LogP contribution >= 0.6 is 0 Å². The summed E-state index contributed by atoms with van der Waals surface area (Å²) in [6.45, 7) is 4.83. The predicted octanol–water partition coefficient (Wildman–Crippen LogP) is 1.19. The molecule has 1 saturated heterocycles. The zero-order valence-corrected chi connectivity index (χ0v) is 15.0. The Balaban J connectivity index is 1.53. The Morgan fingerprint density at radius 2 is 2.12 bits per heavy atom. The molecular weight excluding hydrogens is 334 g/mol. The lowest BCUT2D eigenvalue weighted by atomic mass is 10.0. The summed E-state index contributed by atoms with van der Waals surface area (Å²) in [6, 6.07) is 4.96. The highest BCUT2D eigenvalue weighted by molar-refractivity contribution is 6.21. The zero-order valence-electron chi connectivity index (χ0n) is 15.0. The van der Waals surface area contributed by atoms with Crippen molar-refractivity contribution in [2.45, 2.75) is 26.2 Å². The van der Waals surface area contributed by atoms with Gasteiger partial charge in [-0.3, -0.25) is 19.3 Å². The molecule has 1 atom stereocenters. The van der Waals surface area contributed by atoms with Gasteiger partial charge in [-0.05, 0) is 50.0 Å². The van der Waals surface area contributed by atoms with Crippen LogP contribution in [0.2, 0.25) is 0 Å². The molecule has 3 amide bonds. The van der Waals surface area contributed by atoms with Crippen molar-refractivity contribution in [2.24, 2.45) is 5.92 Å². The van der Waals surface area contributed by atoms with Crippen molar-refractivity contribution in [3.8, 4) is 5.75 Å². The molecule has 140 valence electrons. The fraction of sp³-hybridized carbons (Fsp3) is 0.526. The van der Waals surface area contributed by atoms with Gasteiger partial charge in [0.1, 0.15) is 5.75 Å². The third-order valence-electron chi connectivity index (χ3n) is 4.71. The molecule has 2 heterocycles. The van der Waals surface area contributed by atoms with Crippen molar-refractivity contribution in [2.75, 3.05) is 32.8 Å². The topological polar surface area (TPSA) is 87.7 Å². The standard InChI is InChI=1S/C19H25N3O4/c1-2-9-26-14-3-4-15-16(11-14)19(25)22(18(15)24)8-7-21-17(23)10-13-5-6-20-12-13/h3-4,11,13,20H,2,5-10,12H2,1H3,(H,21,23). The number of ether oxygens (including phenoxy) is 1. The van der Waals surface area contributed by atoms with Crippen LogP contribution in [0.5, 0.6) is 5.75 Å². The summed E-state index contributed by atoms with van der Waals surface area (Å²) in [7, 11) is 0. The number of fused-ring (bicyclic) bond motifs is 1. The molecule has 3 rings (SSSR count). The summed E-state index contributed by atoms with van der Waals surface area (Å²) >= 11 is 0. The van der Waals surface area contributed by atoms with Crippen LogP contribution in [0.4, 0.5) is 0 Å². The number of hydrogen-bond donors (Lipinski definition) is 2. The highest BCUT2D eigenvalue weighted by Crippen LogP contribution is 2.26. The van der Waals surface area contributed by atoms with E-state index in [4.69, 9.17) is 4.74 Å². The molecule has 1 aromatic carbocycles. The lowest BCUT2D eigenvalue weighted by molar-refractivity contribution is -0.121. The number of amides is 3. The largest absolute Gasteiger partial charge is 0.494 e. The summed E-state index contributed by atoms with van der Waals surface area (Å²) in [5, 5.41) is 6.04.